The predicted octanol–water partition coefficient (Wildman–Crippen LogP) is -1.55. The lowest BCUT2D eigenvalue weighted by atomic mass is 10.1. The van der Waals surface area contributed by atoms with E-state index in [9.17, 15) is 9.59 Å². The molecule has 3 aliphatic heterocycles. The first-order chi connectivity index (χ1) is 13.9. The highest BCUT2D eigenvalue weighted by Crippen LogP contribution is 2.25. The lowest BCUT2D eigenvalue weighted by Gasteiger charge is -2.39. The molecule has 11 nitrogen and oxygen atoms in total. The first-order valence-electron chi connectivity index (χ1n) is 10.2. The molecule has 3 saturated heterocycles. The number of cyclic esters (lactones) is 1. The molecule has 164 valence electrons. The van der Waals surface area contributed by atoms with Crippen LogP contribution in [-0.4, -0.2) is 134 Å². The van der Waals surface area contributed by atoms with Crippen LogP contribution in [0.3, 0.4) is 0 Å². The summed E-state index contributed by atoms with van der Waals surface area (Å²) >= 11 is 0. The molecule has 1 amide bonds. The average molecular weight is 412 g/mol. The van der Waals surface area contributed by atoms with Crippen molar-refractivity contribution >= 4 is 18.0 Å². The quantitative estimate of drug-likeness (QED) is 0.304. The number of methoxy groups -OCH3 is 1. The molecule has 3 aliphatic rings. The van der Waals surface area contributed by atoms with Gasteiger partial charge in [0.2, 0.25) is 0 Å². The summed E-state index contributed by atoms with van der Waals surface area (Å²) in [6.07, 6.45) is 0.291. The molecule has 3 N–H and O–H groups in total. The van der Waals surface area contributed by atoms with Gasteiger partial charge in [0.25, 0.3) is 0 Å². The Morgan fingerprint density at radius 2 is 1.76 bits per heavy atom. The zero-order valence-electron chi connectivity index (χ0n) is 17.4. The Balaban J connectivity index is 1.49. The van der Waals surface area contributed by atoms with Crippen molar-refractivity contribution in [3.63, 3.8) is 0 Å². The number of hydrogen-bond donors (Lipinski definition) is 2. The van der Waals surface area contributed by atoms with E-state index in [2.05, 4.69) is 14.7 Å². The molecule has 2 atom stereocenters. The third kappa shape index (κ3) is 5.28. The summed E-state index contributed by atoms with van der Waals surface area (Å²) in [4.78, 5) is 33.9. The molecule has 0 aromatic heterocycles. The van der Waals surface area contributed by atoms with Gasteiger partial charge in [-0.3, -0.25) is 24.9 Å². The fraction of sp³-hybridized carbons (Fsp3) is 0.833. The molecule has 3 fully saturated rings. The lowest BCUT2D eigenvalue weighted by Crippen LogP contribution is -2.55. The van der Waals surface area contributed by atoms with Gasteiger partial charge in [0.05, 0.1) is 19.7 Å². The molecule has 0 bridgehead atoms. The van der Waals surface area contributed by atoms with Crippen molar-refractivity contribution < 1.29 is 19.1 Å². The fourth-order valence-corrected chi connectivity index (χ4v) is 4.20. The Labute approximate surface area is 171 Å². The SMILES string of the molecule is COC(=O)CN1CCN(C2OC(=O)N(C)C2CCN2CCN(C(=N)N)CC2)CC1. The smallest absolute Gasteiger partial charge is 0.411 e. The van der Waals surface area contributed by atoms with Gasteiger partial charge in [-0.2, -0.15) is 0 Å². The second kappa shape index (κ2) is 9.59. The topological polar surface area (TPSA) is 119 Å². The average Bonchev–Trinajstić information content (AvgIpc) is 3.01. The number of rotatable bonds is 6. The Morgan fingerprint density at radius 1 is 1.14 bits per heavy atom. The Kier molecular flexibility index (Phi) is 7.14. The second-order valence-corrected chi connectivity index (χ2v) is 7.84. The van der Waals surface area contributed by atoms with Crippen LogP contribution in [0.25, 0.3) is 0 Å². The molecule has 11 heteroatoms. The van der Waals surface area contributed by atoms with Gasteiger partial charge < -0.3 is 25.0 Å². The van der Waals surface area contributed by atoms with Crippen molar-refractivity contribution in [2.75, 3.05) is 79.6 Å². The zero-order chi connectivity index (χ0) is 21.0. The maximum atomic E-state index is 12.2. The van der Waals surface area contributed by atoms with Crippen LogP contribution in [0.4, 0.5) is 4.79 Å². The molecule has 3 heterocycles. The number of hydrogen-bond acceptors (Lipinski definition) is 8. The van der Waals surface area contributed by atoms with Gasteiger partial charge in [0, 0.05) is 66.0 Å². The molecule has 3 rings (SSSR count). The molecule has 2 unspecified atom stereocenters. The standard InChI is InChI=1S/C18H33N7O4/c1-21-14(3-4-22-5-11-25(12-6-22)17(19)20)16(29-18(21)27)24-9-7-23(8-10-24)13-15(26)28-2/h14,16H,3-13H2,1-2H3,(H3,19,20). The molecular formula is C18H33N7O4. The van der Waals surface area contributed by atoms with Gasteiger partial charge in [0.1, 0.15) is 0 Å². The highest BCUT2D eigenvalue weighted by Gasteiger charge is 2.43. The highest BCUT2D eigenvalue weighted by molar-refractivity contribution is 5.74. The number of ether oxygens (including phenoxy) is 2. The third-order valence-electron chi connectivity index (χ3n) is 6.14. The fourth-order valence-electron chi connectivity index (χ4n) is 4.20. The summed E-state index contributed by atoms with van der Waals surface area (Å²) in [6.45, 7) is 7.39. The largest absolute Gasteiger partial charge is 0.468 e. The third-order valence-corrected chi connectivity index (χ3v) is 6.14. The molecule has 0 radical (unpaired) electrons. The molecule has 0 aromatic carbocycles. The summed E-state index contributed by atoms with van der Waals surface area (Å²) < 4.78 is 10.4. The number of carbonyl (C=O) groups is 2. The van der Waals surface area contributed by atoms with E-state index in [4.69, 9.17) is 20.6 Å². The van der Waals surface area contributed by atoms with Gasteiger partial charge in [-0.05, 0) is 6.42 Å². The summed E-state index contributed by atoms with van der Waals surface area (Å²) in [5.74, 6) is -0.0983. The number of nitrogens with one attached hydrogen (secondary N) is 1. The van der Waals surface area contributed by atoms with Crippen molar-refractivity contribution in [3.05, 3.63) is 0 Å². The molecule has 0 aliphatic carbocycles. The summed E-state index contributed by atoms with van der Waals surface area (Å²) in [6, 6.07) is 0.000457. The number of esters is 1. The van der Waals surface area contributed by atoms with Crippen LogP contribution in [0.5, 0.6) is 0 Å². The summed E-state index contributed by atoms with van der Waals surface area (Å²) in [7, 11) is 3.20. The van der Waals surface area contributed by atoms with E-state index in [0.29, 0.717) is 6.54 Å². The van der Waals surface area contributed by atoms with Gasteiger partial charge >= 0.3 is 12.1 Å². The number of guanidine groups is 1. The van der Waals surface area contributed by atoms with E-state index in [1.807, 2.05) is 4.90 Å². The Hall–Kier alpha value is -2.11. The first-order valence-corrected chi connectivity index (χ1v) is 10.2. The zero-order valence-corrected chi connectivity index (χ0v) is 17.4. The number of carbonyl (C=O) groups excluding carboxylic acids is 2. The van der Waals surface area contributed by atoms with Crippen molar-refractivity contribution in [3.8, 4) is 0 Å². The lowest BCUT2D eigenvalue weighted by molar-refractivity contribution is -0.142. The number of nitrogens with zero attached hydrogens (tertiary/aromatic N) is 5. The van der Waals surface area contributed by atoms with Gasteiger partial charge in [0.15, 0.2) is 12.2 Å². The van der Waals surface area contributed by atoms with E-state index in [0.717, 1.165) is 65.3 Å². The maximum Gasteiger partial charge on any atom is 0.411 e. The number of likely N-dealkylation sites (N-methyl/N-ethyl adjacent to an activating group) is 1. The number of amides is 1. The normalized spacial score (nSPS) is 27.2. The minimum absolute atomic E-state index is 0.000457. The van der Waals surface area contributed by atoms with Crippen LogP contribution >= 0.6 is 0 Å². The monoisotopic (exact) mass is 411 g/mol. The molecule has 0 spiro atoms. The van der Waals surface area contributed by atoms with Crippen LogP contribution in [0, 0.1) is 5.41 Å². The number of piperazine rings is 2. The van der Waals surface area contributed by atoms with Crippen LogP contribution in [-0.2, 0) is 14.3 Å². The summed E-state index contributed by atoms with van der Waals surface area (Å²) in [5, 5.41) is 7.53. The van der Waals surface area contributed by atoms with Crippen LogP contribution < -0.4 is 5.73 Å². The predicted molar refractivity (Wildman–Crippen MR) is 106 cm³/mol. The Morgan fingerprint density at radius 3 is 2.34 bits per heavy atom. The molecule has 0 saturated carbocycles. The van der Waals surface area contributed by atoms with E-state index in [1.165, 1.54) is 7.11 Å². The van der Waals surface area contributed by atoms with E-state index in [1.54, 1.807) is 11.9 Å². The van der Waals surface area contributed by atoms with E-state index in [-0.39, 0.29) is 30.3 Å². The Bertz CT molecular complexity index is 603. The first kappa shape index (κ1) is 21.6. The second-order valence-electron chi connectivity index (χ2n) is 7.84. The van der Waals surface area contributed by atoms with Crippen LogP contribution in [0.2, 0.25) is 0 Å². The molecular weight excluding hydrogens is 378 g/mol. The minimum atomic E-state index is -0.279. The van der Waals surface area contributed by atoms with Crippen molar-refractivity contribution in [1.29, 1.82) is 5.41 Å². The highest BCUT2D eigenvalue weighted by atomic mass is 16.6. The van der Waals surface area contributed by atoms with E-state index < -0.39 is 0 Å². The summed E-state index contributed by atoms with van der Waals surface area (Å²) in [5.41, 5.74) is 5.56. The van der Waals surface area contributed by atoms with Gasteiger partial charge in [-0.1, -0.05) is 0 Å². The van der Waals surface area contributed by atoms with Crippen LogP contribution in [0.15, 0.2) is 0 Å². The van der Waals surface area contributed by atoms with E-state index >= 15 is 0 Å². The minimum Gasteiger partial charge on any atom is -0.468 e. The maximum absolute atomic E-state index is 12.2. The van der Waals surface area contributed by atoms with Gasteiger partial charge in [-0.15, -0.1) is 0 Å². The molecule has 0 aromatic rings. The van der Waals surface area contributed by atoms with Gasteiger partial charge in [-0.25, -0.2) is 4.79 Å². The van der Waals surface area contributed by atoms with Crippen molar-refractivity contribution in [2.45, 2.75) is 18.7 Å². The van der Waals surface area contributed by atoms with Crippen molar-refractivity contribution in [2.24, 2.45) is 5.73 Å². The van der Waals surface area contributed by atoms with Crippen molar-refractivity contribution in [1.82, 2.24) is 24.5 Å². The van der Waals surface area contributed by atoms with Crippen LogP contribution in [0.1, 0.15) is 6.42 Å². The molecule has 29 heavy (non-hydrogen) atoms. The number of nitrogens with two attached hydrogens (primary N) is 1.